The molecule has 2 heterocycles. The summed E-state index contributed by atoms with van der Waals surface area (Å²) in [7, 11) is 1.31. The minimum absolute atomic E-state index is 0.0143. The smallest absolute Gasteiger partial charge is 0.406 e. The number of ether oxygens (including phenoxy) is 2. The Morgan fingerprint density at radius 3 is 2.89 bits per heavy atom. The fourth-order valence-corrected chi connectivity index (χ4v) is 5.66. The molecule has 1 saturated carbocycles. The third kappa shape index (κ3) is 5.94. The van der Waals surface area contributed by atoms with Crippen molar-refractivity contribution >= 4 is 23.3 Å². The molecule has 1 saturated heterocycles. The van der Waals surface area contributed by atoms with Crippen LogP contribution in [0.2, 0.25) is 0 Å². The van der Waals surface area contributed by atoms with E-state index < -0.39 is 18.0 Å². The van der Waals surface area contributed by atoms with Crippen molar-refractivity contribution in [3.05, 3.63) is 40.5 Å². The van der Waals surface area contributed by atoms with Gasteiger partial charge in [-0.05, 0) is 56.4 Å². The number of methoxy groups -OCH3 is 1. The van der Waals surface area contributed by atoms with Gasteiger partial charge in [0.2, 0.25) is 0 Å². The van der Waals surface area contributed by atoms with E-state index in [1.807, 2.05) is 17.9 Å². The lowest BCUT2D eigenvalue weighted by atomic mass is 10.0. The Hall–Kier alpha value is -2.69. The highest BCUT2D eigenvalue weighted by atomic mass is 32.1. The predicted octanol–water partition coefficient (Wildman–Crippen LogP) is 3.59. The molecule has 2 amide bonds. The molecule has 8 nitrogen and oxygen atoms in total. The molecule has 0 radical (unpaired) electrons. The average molecular weight is 506 g/mol. The summed E-state index contributed by atoms with van der Waals surface area (Å²) in [6.45, 7) is 4.17. The van der Waals surface area contributed by atoms with Gasteiger partial charge in [-0.2, -0.15) is 0 Å². The summed E-state index contributed by atoms with van der Waals surface area (Å²) >= 11 is 1.46. The van der Waals surface area contributed by atoms with Crippen LogP contribution in [0.25, 0.3) is 10.4 Å². The fraction of sp³-hybridized carbons (Fsp3) is 0.520. The van der Waals surface area contributed by atoms with Gasteiger partial charge in [0.1, 0.15) is 6.10 Å². The van der Waals surface area contributed by atoms with E-state index in [1.165, 1.54) is 24.5 Å². The number of nitrogens with zero attached hydrogens (tertiary/aromatic N) is 1. The summed E-state index contributed by atoms with van der Waals surface area (Å²) in [5, 5.41) is 16.3. The summed E-state index contributed by atoms with van der Waals surface area (Å²) in [6.07, 6.45) is 2.17. The van der Waals surface area contributed by atoms with E-state index in [-0.39, 0.29) is 23.7 Å². The molecule has 1 aliphatic heterocycles. The van der Waals surface area contributed by atoms with Gasteiger partial charge in [0.15, 0.2) is 11.6 Å². The van der Waals surface area contributed by atoms with Crippen molar-refractivity contribution in [2.24, 2.45) is 0 Å². The van der Waals surface area contributed by atoms with Crippen molar-refractivity contribution in [2.45, 2.75) is 50.8 Å². The van der Waals surface area contributed by atoms with Crippen LogP contribution in [0.1, 0.15) is 42.7 Å². The van der Waals surface area contributed by atoms with Gasteiger partial charge < -0.3 is 30.1 Å². The zero-order valence-corrected chi connectivity index (χ0v) is 20.8. The van der Waals surface area contributed by atoms with E-state index in [4.69, 9.17) is 4.74 Å². The van der Waals surface area contributed by atoms with Crippen molar-refractivity contribution in [3.63, 3.8) is 0 Å². The number of amides is 2. The number of phenols is 1. The number of morpholine rings is 1. The highest BCUT2D eigenvalue weighted by molar-refractivity contribution is 7.15. The Morgan fingerprint density at radius 2 is 2.20 bits per heavy atom. The van der Waals surface area contributed by atoms with Crippen molar-refractivity contribution < 1.29 is 28.6 Å². The average Bonchev–Trinajstić information content (AvgIpc) is 3.62. The monoisotopic (exact) mass is 505 g/mol. The third-order valence-corrected chi connectivity index (χ3v) is 7.74. The lowest BCUT2D eigenvalue weighted by Crippen LogP contribution is -2.50. The minimum atomic E-state index is -0.680. The van der Waals surface area contributed by atoms with E-state index in [0.717, 1.165) is 34.7 Å². The van der Waals surface area contributed by atoms with Gasteiger partial charge in [0.05, 0.1) is 19.8 Å². The molecule has 190 valence electrons. The van der Waals surface area contributed by atoms with Gasteiger partial charge in [0.25, 0.3) is 5.91 Å². The molecule has 2 atom stereocenters. The zero-order valence-electron chi connectivity index (χ0n) is 20.0. The number of aryl methyl sites for hydroxylation is 1. The number of carbonyl (C=O) groups is 2. The molecule has 0 unspecified atom stereocenters. The number of halogens is 1. The van der Waals surface area contributed by atoms with E-state index in [1.54, 1.807) is 12.1 Å². The van der Waals surface area contributed by atoms with E-state index >= 15 is 0 Å². The van der Waals surface area contributed by atoms with Crippen LogP contribution in [-0.4, -0.2) is 67.5 Å². The lowest BCUT2D eigenvalue weighted by molar-refractivity contribution is -0.148. The van der Waals surface area contributed by atoms with E-state index in [9.17, 15) is 19.1 Å². The number of hydrogen-bond acceptors (Lipinski definition) is 7. The number of hydrogen-bond donors (Lipinski definition) is 3. The Morgan fingerprint density at radius 1 is 1.40 bits per heavy atom. The Bertz CT molecular complexity index is 1050. The predicted molar refractivity (Wildman–Crippen MR) is 131 cm³/mol. The molecule has 0 spiro atoms. The number of alkyl carbamates (subject to hydrolysis) is 1. The first-order valence-corrected chi connectivity index (χ1v) is 12.8. The minimum Gasteiger partial charge on any atom is -0.504 e. The second-order valence-electron chi connectivity index (χ2n) is 8.88. The second-order valence-corrected chi connectivity index (χ2v) is 9.96. The highest BCUT2D eigenvalue weighted by Gasteiger charge is 2.40. The molecule has 2 aliphatic rings. The van der Waals surface area contributed by atoms with Crippen LogP contribution in [0, 0.1) is 5.82 Å². The van der Waals surface area contributed by atoms with Gasteiger partial charge in [-0.15, -0.1) is 11.3 Å². The maximum absolute atomic E-state index is 14.2. The molecule has 4 rings (SSSR count). The van der Waals surface area contributed by atoms with E-state index in [0.29, 0.717) is 38.1 Å². The first kappa shape index (κ1) is 25.4. The van der Waals surface area contributed by atoms with Gasteiger partial charge in [-0.3, -0.25) is 4.79 Å². The number of carbonyl (C=O) groups excluding carboxylic acids is 2. The quantitative estimate of drug-likeness (QED) is 0.451. The summed E-state index contributed by atoms with van der Waals surface area (Å²) in [5.41, 5.74) is 1.36. The highest BCUT2D eigenvalue weighted by Crippen LogP contribution is 2.44. The third-order valence-electron chi connectivity index (χ3n) is 6.36. The van der Waals surface area contributed by atoms with Gasteiger partial charge in [-0.25, -0.2) is 9.18 Å². The van der Waals surface area contributed by atoms with Crippen LogP contribution in [0.4, 0.5) is 9.18 Å². The molecule has 0 bridgehead atoms. The van der Waals surface area contributed by atoms with Crippen molar-refractivity contribution in [2.75, 3.05) is 33.4 Å². The molecule has 1 aliphatic carbocycles. The topological polar surface area (TPSA) is 100 Å². The van der Waals surface area contributed by atoms with Crippen LogP contribution in [0.3, 0.4) is 0 Å². The summed E-state index contributed by atoms with van der Waals surface area (Å²) < 4.78 is 24.5. The maximum atomic E-state index is 14.2. The molecule has 1 aromatic carbocycles. The van der Waals surface area contributed by atoms with Crippen molar-refractivity contribution in [3.8, 4) is 16.2 Å². The molecule has 10 heteroatoms. The van der Waals surface area contributed by atoms with E-state index in [2.05, 4.69) is 15.4 Å². The number of aromatic hydroxyl groups is 1. The first-order chi connectivity index (χ1) is 16.9. The normalized spacial score (nSPS) is 18.7. The summed E-state index contributed by atoms with van der Waals surface area (Å²) in [5.74, 6) is -1.08. The largest absolute Gasteiger partial charge is 0.504 e. The number of phenolic OH excluding ortho intramolecular Hbond substituents is 1. The number of para-hydroxylation sites is 1. The molecule has 35 heavy (non-hydrogen) atoms. The van der Waals surface area contributed by atoms with Gasteiger partial charge >= 0.3 is 6.09 Å². The van der Waals surface area contributed by atoms with Crippen LogP contribution in [-0.2, 0) is 20.7 Å². The van der Waals surface area contributed by atoms with Crippen LogP contribution < -0.4 is 10.6 Å². The van der Waals surface area contributed by atoms with Crippen LogP contribution in [0.15, 0.2) is 24.3 Å². The summed E-state index contributed by atoms with van der Waals surface area (Å²) in [6, 6.07) is 6.52. The van der Waals surface area contributed by atoms with Gasteiger partial charge in [0, 0.05) is 41.0 Å². The molecule has 2 fully saturated rings. The molecule has 1 aromatic heterocycles. The number of thiophene rings is 1. The number of nitrogens with one attached hydrogen (secondary N) is 2. The fourth-order valence-electron chi connectivity index (χ4n) is 4.38. The molecular weight excluding hydrogens is 473 g/mol. The lowest BCUT2D eigenvalue weighted by Gasteiger charge is -2.33. The van der Waals surface area contributed by atoms with Crippen molar-refractivity contribution in [1.29, 1.82) is 0 Å². The van der Waals surface area contributed by atoms with Crippen molar-refractivity contribution in [1.82, 2.24) is 15.5 Å². The second kappa shape index (κ2) is 11.4. The van der Waals surface area contributed by atoms with Gasteiger partial charge in [-0.1, -0.05) is 6.07 Å². The van der Waals surface area contributed by atoms with Crippen LogP contribution in [0.5, 0.6) is 5.75 Å². The number of benzene rings is 1. The maximum Gasteiger partial charge on any atom is 0.406 e. The first-order valence-electron chi connectivity index (χ1n) is 12.0. The number of rotatable bonds is 9. The Kier molecular flexibility index (Phi) is 8.25. The van der Waals surface area contributed by atoms with Crippen LogP contribution >= 0.6 is 11.3 Å². The molecular formula is C25H32FN3O5S. The molecule has 3 N–H and O–H groups in total. The Labute approximate surface area is 208 Å². The SMILES string of the molecule is COC(=O)NCCCc1cc([C@@H](C)N(C(=O)[C@H]2CNCCO2)C2CC2)sc1-c1cccc(F)c1O. The Balaban J connectivity index is 1.60. The summed E-state index contributed by atoms with van der Waals surface area (Å²) in [4.78, 5) is 28.4. The standard InChI is InChI=1S/C25H32FN3O5S/c1-15(29(17-8-9-17)24(31)20-14-27-11-12-34-20)21-13-16(5-4-10-28-25(32)33-2)23(35-21)18-6-3-7-19(26)22(18)30/h3,6-7,13,15,17,20,27,30H,4-5,8-12,14H2,1-2H3,(H,28,32)/t15-,20-/m1/s1. The molecule has 2 aromatic rings. The zero-order chi connectivity index (χ0) is 24.9.